The minimum absolute atomic E-state index is 0.0306. The number of benzene rings is 1. The summed E-state index contributed by atoms with van der Waals surface area (Å²) in [6.07, 6.45) is 3.59. The summed E-state index contributed by atoms with van der Waals surface area (Å²) >= 11 is 0. The summed E-state index contributed by atoms with van der Waals surface area (Å²) in [5.74, 6) is -0.203. The molecule has 90 valence electrons. The van der Waals surface area contributed by atoms with E-state index in [4.69, 9.17) is 0 Å². The van der Waals surface area contributed by atoms with E-state index in [9.17, 15) is 4.39 Å². The lowest BCUT2D eigenvalue weighted by atomic mass is 9.99. The Balaban J connectivity index is 2.46. The van der Waals surface area contributed by atoms with Crippen molar-refractivity contribution in [2.75, 3.05) is 7.05 Å². The molecule has 17 heavy (non-hydrogen) atoms. The van der Waals surface area contributed by atoms with Crippen LogP contribution in [0.1, 0.15) is 22.9 Å². The van der Waals surface area contributed by atoms with Gasteiger partial charge in [-0.3, -0.25) is 0 Å². The molecule has 0 amide bonds. The Morgan fingerprint density at radius 1 is 1.41 bits per heavy atom. The molecule has 0 saturated carbocycles. The fourth-order valence-electron chi connectivity index (χ4n) is 2.07. The van der Waals surface area contributed by atoms with Crippen molar-refractivity contribution in [2.45, 2.75) is 13.0 Å². The number of aromatic nitrogens is 2. The highest BCUT2D eigenvalue weighted by atomic mass is 19.1. The molecular formula is C13H16FN3. The summed E-state index contributed by atoms with van der Waals surface area (Å²) in [5, 5.41) is 3.24. The zero-order chi connectivity index (χ0) is 12.4. The standard InChI is InChI=1S/C13H16FN3/c1-9-6-10(14)4-5-11(9)13(15-2)12-7-16-8-17(12)3/h4-8,13,15H,1-3H3. The summed E-state index contributed by atoms with van der Waals surface area (Å²) in [7, 11) is 3.84. The van der Waals surface area contributed by atoms with Crippen molar-refractivity contribution < 1.29 is 4.39 Å². The molecule has 0 fully saturated rings. The number of aryl methyl sites for hydroxylation is 2. The van der Waals surface area contributed by atoms with Crippen LogP contribution in [-0.4, -0.2) is 16.6 Å². The summed E-state index contributed by atoms with van der Waals surface area (Å²) in [6.45, 7) is 1.92. The predicted octanol–water partition coefficient (Wildman–Crippen LogP) is 2.18. The van der Waals surface area contributed by atoms with Gasteiger partial charge >= 0.3 is 0 Å². The van der Waals surface area contributed by atoms with Gasteiger partial charge in [-0.15, -0.1) is 0 Å². The monoisotopic (exact) mass is 233 g/mol. The maximum Gasteiger partial charge on any atom is 0.123 e. The molecule has 1 aromatic carbocycles. The number of hydrogen-bond donors (Lipinski definition) is 1. The van der Waals surface area contributed by atoms with E-state index in [1.807, 2.05) is 37.8 Å². The van der Waals surface area contributed by atoms with Gasteiger partial charge in [0.2, 0.25) is 0 Å². The van der Waals surface area contributed by atoms with E-state index in [-0.39, 0.29) is 11.9 Å². The van der Waals surface area contributed by atoms with Gasteiger partial charge in [0, 0.05) is 7.05 Å². The Morgan fingerprint density at radius 2 is 2.18 bits per heavy atom. The molecule has 0 aliphatic carbocycles. The summed E-state index contributed by atoms with van der Waals surface area (Å²) in [5.41, 5.74) is 3.06. The highest BCUT2D eigenvalue weighted by Crippen LogP contribution is 2.24. The van der Waals surface area contributed by atoms with Crippen LogP contribution in [0.25, 0.3) is 0 Å². The van der Waals surface area contributed by atoms with Crippen molar-refractivity contribution in [1.29, 1.82) is 0 Å². The van der Waals surface area contributed by atoms with Crippen molar-refractivity contribution in [3.05, 3.63) is 53.4 Å². The fourth-order valence-corrected chi connectivity index (χ4v) is 2.07. The maximum absolute atomic E-state index is 13.1. The summed E-state index contributed by atoms with van der Waals surface area (Å²) in [6, 6.07) is 4.89. The van der Waals surface area contributed by atoms with Crippen LogP contribution in [0.15, 0.2) is 30.7 Å². The smallest absolute Gasteiger partial charge is 0.123 e. The Bertz CT molecular complexity index is 519. The van der Waals surface area contributed by atoms with Crippen LogP contribution < -0.4 is 5.32 Å². The maximum atomic E-state index is 13.1. The lowest BCUT2D eigenvalue weighted by Gasteiger charge is -2.19. The molecule has 1 N–H and O–H groups in total. The SMILES string of the molecule is CNC(c1ccc(F)cc1C)c1cncn1C. The Hall–Kier alpha value is -1.68. The molecule has 1 unspecified atom stereocenters. The molecule has 4 heteroatoms. The second kappa shape index (κ2) is 4.67. The Morgan fingerprint density at radius 3 is 2.71 bits per heavy atom. The first-order chi connectivity index (χ1) is 8.13. The van der Waals surface area contributed by atoms with E-state index in [2.05, 4.69) is 10.3 Å². The van der Waals surface area contributed by atoms with Gasteiger partial charge in [-0.2, -0.15) is 0 Å². The predicted molar refractivity (Wildman–Crippen MR) is 65.2 cm³/mol. The second-order valence-electron chi connectivity index (χ2n) is 4.15. The van der Waals surface area contributed by atoms with Crippen molar-refractivity contribution in [2.24, 2.45) is 7.05 Å². The van der Waals surface area contributed by atoms with Gasteiger partial charge in [-0.05, 0) is 37.2 Å². The molecule has 1 atom stereocenters. The molecule has 2 rings (SSSR count). The van der Waals surface area contributed by atoms with Gasteiger partial charge in [0.05, 0.1) is 24.3 Å². The number of halogens is 1. The van der Waals surface area contributed by atoms with Crippen molar-refractivity contribution >= 4 is 0 Å². The third kappa shape index (κ3) is 2.22. The minimum Gasteiger partial charge on any atom is -0.336 e. The number of imidazole rings is 1. The molecular weight excluding hydrogens is 217 g/mol. The summed E-state index contributed by atoms with van der Waals surface area (Å²) < 4.78 is 15.1. The van der Waals surface area contributed by atoms with Gasteiger partial charge in [0.1, 0.15) is 5.82 Å². The molecule has 0 aliphatic heterocycles. The van der Waals surface area contributed by atoms with Crippen LogP contribution in [0.4, 0.5) is 4.39 Å². The van der Waals surface area contributed by atoms with Crippen LogP contribution in [0, 0.1) is 12.7 Å². The second-order valence-corrected chi connectivity index (χ2v) is 4.15. The van der Waals surface area contributed by atoms with Gasteiger partial charge in [-0.25, -0.2) is 9.37 Å². The first-order valence-electron chi connectivity index (χ1n) is 5.53. The number of rotatable bonds is 3. The first kappa shape index (κ1) is 11.8. The number of hydrogen-bond acceptors (Lipinski definition) is 2. The van der Waals surface area contributed by atoms with Crippen molar-refractivity contribution in [3.63, 3.8) is 0 Å². The lowest BCUT2D eigenvalue weighted by Crippen LogP contribution is -2.21. The highest BCUT2D eigenvalue weighted by Gasteiger charge is 2.17. The van der Waals surface area contributed by atoms with E-state index in [0.29, 0.717) is 0 Å². The molecule has 0 spiro atoms. The number of nitrogens with one attached hydrogen (secondary N) is 1. The topological polar surface area (TPSA) is 29.9 Å². The highest BCUT2D eigenvalue weighted by molar-refractivity contribution is 5.34. The van der Waals surface area contributed by atoms with Crippen molar-refractivity contribution in [3.8, 4) is 0 Å². The Labute approximate surface area is 100 Å². The minimum atomic E-state index is -0.203. The molecule has 2 aromatic rings. The van der Waals surface area contributed by atoms with Crippen LogP contribution in [0.2, 0.25) is 0 Å². The van der Waals surface area contributed by atoms with Gasteiger partial charge in [-0.1, -0.05) is 6.07 Å². The van der Waals surface area contributed by atoms with Gasteiger partial charge in [0.15, 0.2) is 0 Å². The quantitative estimate of drug-likeness (QED) is 0.880. The molecule has 1 heterocycles. The van der Waals surface area contributed by atoms with Crippen molar-refractivity contribution in [1.82, 2.24) is 14.9 Å². The first-order valence-corrected chi connectivity index (χ1v) is 5.53. The average molecular weight is 233 g/mol. The van der Waals surface area contributed by atoms with Crippen LogP contribution in [0.5, 0.6) is 0 Å². The molecule has 0 radical (unpaired) electrons. The average Bonchev–Trinajstić information content (AvgIpc) is 2.69. The van der Waals surface area contributed by atoms with Gasteiger partial charge in [0.25, 0.3) is 0 Å². The van der Waals surface area contributed by atoms with E-state index in [1.165, 1.54) is 6.07 Å². The normalized spacial score (nSPS) is 12.7. The van der Waals surface area contributed by atoms with E-state index < -0.39 is 0 Å². The van der Waals surface area contributed by atoms with Crippen LogP contribution >= 0.6 is 0 Å². The molecule has 3 nitrogen and oxygen atoms in total. The lowest BCUT2D eigenvalue weighted by molar-refractivity contribution is 0.613. The number of nitrogens with zero attached hydrogens (tertiary/aromatic N) is 2. The van der Waals surface area contributed by atoms with E-state index >= 15 is 0 Å². The van der Waals surface area contributed by atoms with E-state index in [1.54, 1.807) is 12.4 Å². The third-order valence-corrected chi connectivity index (χ3v) is 2.98. The molecule has 0 saturated heterocycles. The molecule has 0 bridgehead atoms. The largest absolute Gasteiger partial charge is 0.336 e. The Kier molecular flexibility index (Phi) is 3.24. The van der Waals surface area contributed by atoms with E-state index in [0.717, 1.165) is 16.8 Å². The zero-order valence-corrected chi connectivity index (χ0v) is 10.2. The molecule has 1 aromatic heterocycles. The zero-order valence-electron chi connectivity index (χ0n) is 10.2. The van der Waals surface area contributed by atoms with Gasteiger partial charge < -0.3 is 9.88 Å². The van der Waals surface area contributed by atoms with Crippen LogP contribution in [0.3, 0.4) is 0 Å². The fraction of sp³-hybridized carbons (Fsp3) is 0.308. The third-order valence-electron chi connectivity index (χ3n) is 2.98. The molecule has 0 aliphatic rings. The van der Waals surface area contributed by atoms with Crippen LogP contribution in [-0.2, 0) is 7.05 Å². The summed E-state index contributed by atoms with van der Waals surface area (Å²) in [4.78, 5) is 4.11.